The van der Waals surface area contributed by atoms with E-state index in [4.69, 9.17) is 4.84 Å². The van der Waals surface area contributed by atoms with E-state index < -0.39 is 0 Å². The van der Waals surface area contributed by atoms with Gasteiger partial charge in [0.25, 0.3) is 0 Å². The Morgan fingerprint density at radius 2 is 1.81 bits per heavy atom. The zero-order chi connectivity index (χ0) is 11.2. The molecule has 1 aromatic rings. The highest BCUT2D eigenvalue weighted by Crippen LogP contribution is 2.32. The van der Waals surface area contributed by atoms with Crippen molar-refractivity contribution in [3.63, 3.8) is 0 Å². The van der Waals surface area contributed by atoms with Gasteiger partial charge in [-0.05, 0) is 44.1 Å². The van der Waals surface area contributed by atoms with Crippen LogP contribution in [0.3, 0.4) is 0 Å². The zero-order valence-electron chi connectivity index (χ0n) is 9.99. The van der Waals surface area contributed by atoms with Crippen molar-refractivity contribution < 1.29 is 4.84 Å². The van der Waals surface area contributed by atoms with Gasteiger partial charge in [0, 0.05) is 6.04 Å². The van der Waals surface area contributed by atoms with Crippen molar-refractivity contribution in [2.45, 2.75) is 44.6 Å². The van der Waals surface area contributed by atoms with Crippen LogP contribution in [0.1, 0.15) is 44.1 Å². The quantitative estimate of drug-likeness (QED) is 0.785. The van der Waals surface area contributed by atoms with Gasteiger partial charge in [-0.15, -0.1) is 0 Å². The number of hydroxylamine groups is 1. The summed E-state index contributed by atoms with van der Waals surface area (Å²) in [4.78, 5) is 5.26. The number of hydrogen-bond donors (Lipinski definition) is 1. The van der Waals surface area contributed by atoms with Gasteiger partial charge >= 0.3 is 0 Å². The van der Waals surface area contributed by atoms with Gasteiger partial charge in [0.05, 0.1) is 6.61 Å². The largest absolute Gasteiger partial charge is 0.302 e. The molecule has 1 aromatic carbocycles. The number of rotatable bonds is 4. The minimum absolute atomic E-state index is 0.555. The molecule has 0 aromatic heterocycles. The van der Waals surface area contributed by atoms with Crippen LogP contribution in [0, 0.1) is 0 Å². The first-order chi connectivity index (χ1) is 7.90. The van der Waals surface area contributed by atoms with Gasteiger partial charge in [-0.3, -0.25) is 0 Å². The lowest BCUT2D eigenvalue weighted by atomic mass is 9.82. The van der Waals surface area contributed by atoms with Crippen molar-refractivity contribution in [3.8, 4) is 0 Å². The van der Waals surface area contributed by atoms with Gasteiger partial charge in [-0.25, -0.2) is 0 Å². The molecule has 0 saturated heterocycles. The maximum absolute atomic E-state index is 5.26. The molecule has 0 bridgehead atoms. The summed E-state index contributed by atoms with van der Waals surface area (Å²) in [6.07, 6.45) is 4.99. The minimum Gasteiger partial charge on any atom is -0.302 e. The molecule has 0 unspecified atom stereocenters. The van der Waals surface area contributed by atoms with Crippen molar-refractivity contribution in [1.82, 2.24) is 5.48 Å². The smallest absolute Gasteiger partial charge is 0.0654 e. The molecular weight excluding hydrogens is 198 g/mol. The molecule has 0 amide bonds. The second-order valence-electron chi connectivity index (χ2n) is 4.51. The highest BCUT2D eigenvalue weighted by atomic mass is 16.6. The van der Waals surface area contributed by atoms with Crippen molar-refractivity contribution >= 4 is 0 Å². The highest BCUT2D eigenvalue weighted by molar-refractivity contribution is 5.19. The van der Waals surface area contributed by atoms with Crippen LogP contribution in [0.4, 0.5) is 0 Å². The summed E-state index contributed by atoms with van der Waals surface area (Å²) in [5.41, 5.74) is 4.64. The summed E-state index contributed by atoms with van der Waals surface area (Å²) >= 11 is 0. The summed E-state index contributed by atoms with van der Waals surface area (Å²) in [5, 5.41) is 0. The van der Waals surface area contributed by atoms with E-state index in [2.05, 4.69) is 35.8 Å². The average molecular weight is 219 g/mol. The van der Waals surface area contributed by atoms with Gasteiger partial charge < -0.3 is 4.84 Å². The lowest BCUT2D eigenvalue weighted by molar-refractivity contribution is 0.0138. The Hall–Kier alpha value is -0.860. The van der Waals surface area contributed by atoms with E-state index in [1.807, 2.05) is 6.92 Å². The van der Waals surface area contributed by atoms with E-state index in [0.717, 1.165) is 12.5 Å². The Bertz CT molecular complexity index is 291. The Morgan fingerprint density at radius 1 is 1.12 bits per heavy atom. The normalized spacial score (nSPS) is 25.6. The minimum atomic E-state index is 0.555. The molecule has 1 saturated carbocycles. The third kappa shape index (κ3) is 3.06. The summed E-state index contributed by atoms with van der Waals surface area (Å²) in [5.74, 6) is 0.751. The Labute approximate surface area is 98.0 Å². The predicted molar refractivity (Wildman–Crippen MR) is 66.2 cm³/mol. The molecule has 0 spiro atoms. The zero-order valence-corrected chi connectivity index (χ0v) is 9.99. The molecule has 2 rings (SSSR count). The molecule has 1 aliphatic carbocycles. The van der Waals surface area contributed by atoms with Crippen LogP contribution >= 0.6 is 0 Å². The maximum atomic E-state index is 5.26. The van der Waals surface area contributed by atoms with Gasteiger partial charge in [0.1, 0.15) is 0 Å². The molecule has 16 heavy (non-hydrogen) atoms. The summed E-state index contributed by atoms with van der Waals surface area (Å²) < 4.78 is 0. The number of hydrogen-bond acceptors (Lipinski definition) is 2. The fraction of sp³-hybridized carbons (Fsp3) is 0.571. The Kier molecular flexibility index (Phi) is 4.37. The Morgan fingerprint density at radius 3 is 2.44 bits per heavy atom. The molecule has 88 valence electrons. The van der Waals surface area contributed by atoms with E-state index in [0.29, 0.717) is 6.04 Å². The fourth-order valence-electron chi connectivity index (χ4n) is 2.47. The van der Waals surface area contributed by atoms with Crippen molar-refractivity contribution in [2.75, 3.05) is 6.61 Å². The predicted octanol–water partition coefficient (Wildman–Crippen LogP) is 3.25. The van der Waals surface area contributed by atoms with Crippen LogP contribution in [0.5, 0.6) is 0 Å². The lowest BCUT2D eigenvalue weighted by Crippen LogP contribution is -2.32. The van der Waals surface area contributed by atoms with Crippen LogP contribution < -0.4 is 5.48 Å². The maximum Gasteiger partial charge on any atom is 0.0654 e. The van der Waals surface area contributed by atoms with Crippen LogP contribution in [0.25, 0.3) is 0 Å². The average Bonchev–Trinajstić information content (AvgIpc) is 2.38. The Balaban J connectivity index is 1.81. The monoisotopic (exact) mass is 219 g/mol. The summed E-state index contributed by atoms with van der Waals surface area (Å²) in [6.45, 7) is 2.77. The lowest BCUT2D eigenvalue weighted by Gasteiger charge is -2.28. The molecule has 1 fully saturated rings. The van der Waals surface area contributed by atoms with Crippen molar-refractivity contribution in [3.05, 3.63) is 35.9 Å². The topological polar surface area (TPSA) is 21.3 Å². The van der Waals surface area contributed by atoms with Crippen LogP contribution in [-0.4, -0.2) is 12.6 Å². The van der Waals surface area contributed by atoms with E-state index in [1.165, 1.54) is 31.2 Å². The van der Waals surface area contributed by atoms with Gasteiger partial charge in [0.2, 0.25) is 0 Å². The van der Waals surface area contributed by atoms with Crippen molar-refractivity contribution in [2.24, 2.45) is 0 Å². The number of nitrogens with one attached hydrogen (secondary N) is 1. The van der Waals surface area contributed by atoms with Crippen molar-refractivity contribution in [1.29, 1.82) is 0 Å². The van der Waals surface area contributed by atoms with Gasteiger partial charge in [0.15, 0.2) is 0 Å². The standard InChI is InChI=1S/C14H21NO/c1-2-16-15-14-10-8-13(9-11-14)12-6-4-3-5-7-12/h3-7,13-15H,2,8-11H2,1H3. The van der Waals surface area contributed by atoms with E-state index >= 15 is 0 Å². The molecule has 1 aliphatic rings. The molecule has 0 atom stereocenters. The molecule has 0 radical (unpaired) electrons. The molecule has 2 nitrogen and oxygen atoms in total. The third-order valence-corrected chi connectivity index (χ3v) is 3.39. The second-order valence-corrected chi connectivity index (χ2v) is 4.51. The van der Waals surface area contributed by atoms with Crippen LogP contribution in [0.2, 0.25) is 0 Å². The van der Waals surface area contributed by atoms with E-state index in [1.54, 1.807) is 0 Å². The van der Waals surface area contributed by atoms with Crippen LogP contribution in [-0.2, 0) is 4.84 Å². The first-order valence-electron chi connectivity index (χ1n) is 6.32. The summed E-state index contributed by atoms with van der Waals surface area (Å²) in [7, 11) is 0. The van der Waals surface area contributed by atoms with Gasteiger partial charge in [-0.2, -0.15) is 5.48 Å². The third-order valence-electron chi connectivity index (χ3n) is 3.39. The van der Waals surface area contributed by atoms with E-state index in [9.17, 15) is 0 Å². The van der Waals surface area contributed by atoms with E-state index in [-0.39, 0.29) is 0 Å². The first-order valence-corrected chi connectivity index (χ1v) is 6.32. The molecule has 0 aliphatic heterocycles. The van der Waals surface area contributed by atoms with Gasteiger partial charge in [-0.1, -0.05) is 30.3 Å². The SMILES string of the molecule is CCONC1CCC(c2ccccc2)CC1. The van der Waals surface area contributed by atoms with Crippen LogP contribution in [0.15, 0.2) is 30.3 Å². The molecule has 0 heterocycles. The molecular formula is C14H21NO. The molecule has 2 heteroatoms. The highest BCUT2D eigenvalue weighted by Gasteiger charge is 2.21. The summed E-state index contributed by atoms with van der Waals surface area (Å²) in [6, 6.07) is 11.4. The first kappa shape index (κ1) is 11.6. The fourth-order valence-corrected chi connectivity index (χ4v) is 2.47. The number of benzene rings is 1. The molecule has 1 N–H and O–H groups in total. The second kappa shape index (κ2) is 6.02.